The van der Waals surface area contributed by atoms with Crippen molar-refractivity contribution in [1.82, 2.24) is 20.1 Å². The number of aryl methyl sites for hydroxylation is 2. The average molecular weight is 549 g/mol. The fraction of sp³-hybridized carbons (Fsp3) is 0.385. The zero-order valence-electron chi connectivity index (χ0n) is 21.1. The molecule has 0 aliphatic carbocycles. The summed E-state index contributed by atoms with van der Waals surface area (Å²) in [5.74, 6) is 0.684. The number of hydrogen-bond acceptors (Lipinski definition) is 5. The van der Waals surface area contributed by atoms with Gasteiger partial charge >= 0.3 is 0 Å². The number of nitrogens with one attached hydrogen (secondary N) is 2. The topological polar surface area (TPSA) is 88.9 Å². The van der Waals surface area contributed by atoms with E-state index in [-0.39, 0.29) is 34.5 Å². The predicted octanol–water partition coefficient (Wildman–Crippen LogP) is 6.47. The Morgan fingerprint density at radius 1 is 1.06 bits per heavy atom. The zero-order chi connectivity index (χ0) is 26.4. The summed E-state index contributed by atoms with van der Waals surface area (Å²) in [5, 5.41) is 16.1. The average Bonchev–Trinajstić information content (AvgIpc) is 3.19. The predicted molar refractivity (Wildman–Crippen MR) is 147 cm³/mol. The molecule has 0 aliphatic heterocycles. The molecule has 36 heavy (non-hydrogen) atoms. The van der Waals surface area contributed by atoms with Crippen LogP contribution in [-0.4, -0.2) is 32.3 Å². The molecule has 0 saturated heterocycles. The van der Waals surface area contributed by atoms with Crippen LogP contribution >= 0.6 is 35.0 Å². The molecule has 0 saturated carbocycles. The molecule has 1 heterocycles. The Morgan fingerprint density at radius 3 is 2.36 bits per heavy atom. The maximum absolute atomic E-state index is 13.0. The quantitative estimate of drug-likeness (QED) is 0.284. The number of aromatic nitrogens is 3. The molecule has 3 rings (SSSR count). The highest BCUT2D eigenvalue weighted by atomic mass is 35.5. The summed E-state index contributed by atoms with van der Waals surface area (Å²) in [6.45, 7) is 10.7. The molecule has 3 aromatic rings. The molecule has 2 N–H and O–H groups in total. The molecule has 10 heteroatoms. The number of carbonyl (C=O) groups excluding carboxylic acids is 2. The van der Waals surface area contributed by atoms with E-state index in [0.29, 0.717) is 34.5 Å². The van der Waals surface area contributed by atoms with E-state index in [0.717, 1.165) is 16.8 Å². The van der Waals surface area contributed by atoms with Crippen LogP contribution in [0.5, 0.6) is 0 Å². The van der Waals surface area contributed by atoms with Crippen molar-refractivity contribution in [3.05, 3.63) is 69.0 Å². The minimum atomic E-state index is -0.379. The number of anilines is 1. The number of amides is 2. The number of thioether (sulfide) groups is 1. The Hall–Kier alpha value is -2.55. The van der Waals surface area contributed by atoms with Gasteiger partial charge in [-0.1, -0.05) is 54.9 Å². The van der Waals surface area contributed by atoms with Crippen molar-refractivity contribution in [2.24, 2.45) is 5.92 Å². The van der Waals surface area contributed by atoms with Crippen LogP contribution in [0.1, 0.15) is 60.5 Å². The van der Waals surface area contributed by atoms with Gasteiger partial charge in [-0.05, 0) is 74.6 Å². The summed E-state index contributed by atoms with van der Waals surface area (Å²) in [4.78, 5) is 25.6. The van der Waals surface area contributed by atoms with Crippen LogP contribution in [0.3, 0.4) is 0 Å². The van der Waals surface area contributed by atoms with Crippen molar-refractivity contribution in [2.75, 3.05) is 11.1 Å². The fourth-order valence-corrected chi connectivity index (χ4v) is 5.25. The van der Waals surface area contributed by atoms with E-state index in [9.17, 15) is 9.59 Å². The smallest absolute Gasteiger partial charge is 0.253 e. The first-order valence-corrected chi connectivity index (χ1v) is 13.5. The molecule has 0 spiro atoms. The normalized spacial score (nSPS) is 12.0. The van der Waals surface area contributed by atoms with Crippen LogP contribution in [0.15, 0.2) is 41.6 Å². The first-order valence-electron chi connectivity index (χ1n) is 11.8. The Bertz CT molecular complexity index is 1220. The second-order valence-corrected chi connectivity index (χ2v) is 10.9. The van der Waals surface area contributed by atoms with E-state index in [4.69, 9.17) is 23.2 Å². The van der Waals surface area contributed by atoms with Gasteiger partial charge in [0.15, 0.2) is 11.0 Å². The van der Waals surface area contributed by atoms with Gasteiger partial charge in [0.2, 0.25) is 5.91 Å². The zero-order valence-corrected chi connectivity index (χ0v) is 23.4. The van der Waals surface area contributed by atoms with E-state index < -0.39 is 0 Å². The molecular formula is C26H31Cl2N5O2S. The molecular weight excluding hydrogens is 517 g/mol. The maximum atomic E-state index is 13.0. The number of hydrogen-bond donors (Lipinski definition) is 2. The molecule has 192 valence electrons. The van der Waals surface area contributed by atoms with E-state index in [1.807, 2.05) is 37.5 Å². The van der Waals surface area contributed by atoms with Gasteiger partial charge in [-0.2, -0.15) is 0 Å². The summed E-state index contributed by atoms with van der Waals surface area (Å²) >= 11 is 13.5. The van der Waals surface area contributed by atoms with Gasteiger partial charge < -0.3 is 15.2 Å². The SMILES string of the molecule is CCn1c(SCC(=O)Nc2cc(C)cc(C)c2)nnc1[C@@H](CC(C)C)NC(=O)c1ccc(Cl)cc1Cl. The van der Waals surface area contributed by atoms with Gasteiger partial charge in [0.1, 0.15) is 0 Å². The maximum Gasteiger partial charge on any atom is 0.253 e. The summed E-state index contributed by atoms with van der Waals surface area (Å²) in [7, 11) is 0. The van der Waals surface area contributed by atoms with Crippen molar-refractivity contribution < 1.29 is 9.59 Å². The van der Waals surface area contributed by atoms with Crippen molar-refractivity contribution in [3.8, 4) is 0 Å². The standard InChI is InChI=1S/C26H31Cl2N5O2S/c1-6-33-24(22(9-15(2)3)30-25(35)20-8-7-18(27)13-21(20)28)31-32-26(33)36-14-23(34)29-19-11-16(4)10-17(5)12-19/h7-8,10-13,15,22H,6,9,14H2,1-5H3,(H,29,34)(H,30,35)/t22-/m1/s1. The molecule has 2 aromatic carbocycles. The monoisotopic (exact) mass is 547 g/mol. The Morgan fingerprint density at radius 2 is 1.75 bits per heavy atom. The van der Waals surface area contributed by atoms with Crippen LogP contribution in [0, 0.1) is 19.8 Å². The summed E-state index contributed by atoms with van der Waals surface area (Å²) in [6.07, 6.45) is 0.660. The molecule has 0 radical (unpaired) electrons. The van der Waals surface area contributed by atoms with Crippen molar-refractivity contribution in [3.63, 3.8) is 0 Å². The molecule has 1 aromatic heterocycles. The van der Waals surface area contributed by atoms with Gasteiger partial charge in [0, 0.05) is 17.3 Å². The number of nitrogens with zero attached hydrogens (tertiary/aromatic N) is 3. The van der Waals surface area contributed by atoms with Crippen LogP contribution in [0.2, 0.25) is 10.0 Å². The number of halogens is 2. The fourth-order valence-electron chi connectivity index (χ4n) is 3.95. The molecule has 2 amide bonds. The Balaban J connectivity index is 1.75. The second-order valence-electron chi connectivity index (χ2n) is 9.08. The molecule has 7 nitrogen and oxygen atoms in total. The van der Waals surface area contributed by atoms with E-state index in [1.54, 1.807) is 18.2 Å². The lowest BCUT2D eigenvalue weighted by atomic mass is 10.0. The van der Waals surface area contributed by atoms with Crippen LogP contribution in [0.25, 0.3) is 0 Å². The summed E-state index contributed by atoms with van der Waals surface area (Å²) < 4.78 is 1.94. The minimum absolute atomic E-state index is 0.124. The number of benzene rings is 2. The lowest BCUT2D eigenvalue weighted by Gasteiger charge is -2.21. The highest BCUT2D eigenvalue weighted by molar-refractivity contribution is 7.99. The lowest BCUT2D eigenvalue weighted by Crippen LogP contribution is -2.31. The van der Waals surface area contributed by atoms with Crippen molar-refractivity contribution in [1.29, 1.82) is 0 Å². The van der Waals surface area contributed by atoms with E-state index >= 15 is 0 Å². The van der Waals surface area contributed by atoms with E-state index in [1.165, 1.54) is 11.8 Å². The van der Waals surface area contributed by atoms with Gasteiger partial charge in [0.05, 0.1) is 22.4 Å². The largest absolute Gasteiger partial charge is 0.342 e. The highest BCUT2D eigenvalue weighted by Gasteiger charge is 2.25. The molecule has 0 fully saturated rings. The van der Waals surface area contributed by atoms with Gasteiger partial charge in [-0.15, -0.1) is 10.2 Å². The van der Waals surface area contributed by atoms with Gasteiger partial charge in [-0.25, -0.2) is 0 Å². The van der Waals surface area contributed by atoms with Crippen molar-refractivity contribution in [2.45, 2.75) is 58.8 Å². The third kappa shape index (κ3) is 7.48. The highest BCUT2D eigenvalue weighted by Crippen LogP contribution is 2.27. The third-order valence-corrected chi connectivity index (χ3v) is 6.91. The summed E-state index contributed by atoms with van der Waals surface area (Å²) in [5.41, 5.74) is 3.30. The summed E-state index contributed by atoms with van der Waals surface area (Å²) in [6, 6.07) is 10.3. The lowest BCUT2D eigenvalue weighted by molar-refractivity contribution is -0.113. The number of carbonyl (C=O) groups is 2. The Kier molecular flexibility index (Phi) is 9.82. The van der Waals surface area contributed by atoms with Crippen molar-refractivity contribution >= 4 is 52.5 Å². The molecule has 1 atom stereocenters. The minimum Gasteiger partial charge on any atom is -0.342 e. The van der Waals surface area contributed by atoms with Gasteiger partial charge in [-0.3, -0.25) is 9.59 Å². The molecule has 0 unspecified atom stereocenters. The molecule has 0 aliphatic rings. The first kappa shape index (κ1) is 28.0. The molecule has 0 bridgehead atoms. The number of rotatable bonds is 10. The van der Waals surface area contributed by atoms with E-state index in [2.05, 4.69) is 40.7 Å². The first-order chi connectivity index (χ1) is 17.1. The van der Waals surface area contributed by atoms with Crippen LogP contribution in [-0.2, 0) is 11.3 Å². The third-order valence-electron chi connectivity index (χ3n) is 5.40. The second kappa shape index (κ2) is 12.6. The van der Waals surface area contributed by atoms with Crippen LogP contribution in [0.4, 0.5) is 5.69 Å². The van der Waals surface area contributed by atoms with Crippen LogP contribution < -0.4 is 10.6 Å². The Labute approximate surface area is 226 Å². The van der Waals surface area contributed by atoms with Gasteiger partial charge in [0.25, 0.3) is 5.91 Å².